The second-order valence-electron chi connectivity index (χ2n) is 19.5. The highest BCUT2D eigenvalue weighted by Gasteiger charge is 2.39. The van der Waals surface area contributed by atoms with Crippen LogP contribution in [0.5, 0.6) is 0 Å². The molecule has 0 bridgehead atoms. The maximum Gasteiger partial charge on any atom is 0.326 e. The van der Waals surface area contributed by atoms with Crippen LogP contribution in [0.1, 0.15) is 70.3 Å². The number of carboxylic acids is 1. The van der Waals surface area contributed by atoms with E-state index in [0.717, 1.165) is 10.9 Å². The van der Waals surface area contributed by atoms with Crippen molar-refractivity contribution in [1.82, 2.24) is 67.0 Å². The molecule has 27 heteroatoms. The van der Waals surface area contributed by atoms with E-state index in [1.807, 2.05) is 13.8 Å². The van der Waals surface area contributed by atoms with Crippen LogP contribution in [0.3, 0.4) is 0 Å². The summed E-state index contributed by atoms with van der Waals surface area (Å²) in [6.07, 6.45) is 7.76. The highest BCUT2D eigenvalue weighted by molar-refractivity contribution is 5.98. The molecule has 1 fully saturated rings. The summed E-state index contributed by atoms with van der Waals surface area (Å²) in [4.78, 5) is 140. The number of benzene rings is 1. The van der Waals surface area contributed by atoms with Crippen LogP contribution in [0.2, 0.25) is 0 Å². The van der Waals surface area contributed by atoms with E-state index >= 15 is 0 Å². The zero-order valence-corrected chi connectivity index (χ0v) is 42.7. The molecule has 0 radical (unpaired) electrons. The van der Waals surface area contributed by atoms with Crippen LogP contribution >= 0.6 is 0 Å². The Kier molecular flexibility index (Phi) is 22.0. The van der Waals surface area contributed by atoms with E-state index in [-0.39, 0.29) is 44.1 Å². The normalized spacial score (nSPS) is 16.6. The summed E-state index contributed by atoms with van der Waals surface area (Å²) in [5.74, 6) is -8.63. The minimum atomic E-state index is -1.85. The number of hydrogen-bond donors (Lipinski definition) is 15. The number of amides is 8. The quantitative estimate of drug-likeness (QED) is 0.0251. The van der Waals surface area contributed by atoms with Gasteiger partial charge in [-0.1, -0.05) is 45.9 Å². The van der Waals surface area contributed by atoms with E-state index < -0.39 is 127 Å². The molecule has 1 saturated heterocycles. The molecule has 1 aromatic carbocycles. The van der Waals surface area contributed by atoms with Crippen LogP contribution in [0, 0.1) is 11.8 Å². The van der Waals surface area contributed by atoms with Crippen molar-refractivity contribution >= 4 is 64.1 Å². The average Bonchev–Trinajstić information content (AvgIpc) is 4.24. The Morgan fingerprint density at radius 1 is 0.618 bits per heavy atom. The molecule has 9 atom stereocenters. The van der Waals surface area contributed by atoms with Gasteiger partial charge in [-0.2, -0.15) is 0 Å². The number of rotatable bonds is 29. The molecular weight excluding hydrogens is 993 g/mol. The van der Waals surface area contributed by atoms with Crippen molar-refractivity contribution in [2.24, 2.45) is 17.6 Å². The van der Waals surface area contributed by atoms with Crippen LogP contribution in [0.25, 0.3) is 10.9 Å². The second-order valence-corrected chi connectivity index (χ2v) is 19.5. The van der Waals surface area contributed by atoms with E-state index in [2.05, 4.69) is 62.1 Å². The second kappa shape index (κ2) is 28.2. The number of carboxylic acid groups (broad SMARTS) is 1. The van der Waals surface area contributed by atoms with E-state index in [1.54, 1.807) is 44.3 Å². The van der Waals surface area contributed by atoms with Crippen molar-refractivity contribution in [1.29, 1.82) is 0 Å². The fourth-order valence-electron chi connectivity index (χ4n) is 8.68. The maximum atomic E-state index is 14.2. The molecule has 0 unspecified atom stereocenters. The minimum Gasteiger partial charge on any atom is -0.480 e. The zero-order chi connectivity index (χ0) is 55.6. The van der Waals surface area contributed by atoms with Crippen LogP contribution < -0.4 is 43.0 Å². The number of H-pyrrole nitrogens is 3. The van der Waals surface area contributed by atoms with Gasteiger partial charge in [0, 0.05) is 66.7 Å². The Balaban J connectivity index is 1.26. The molecule has 0 spiro atoms. The Labute approximate surface area is 437 Å². The van der Waals surface area contributed by atoms with Crippen molar-refractivity contribution in [2.45, 2.75) is 127 Å². The third-order valence-corrected chi connectivity index (χ3v) is 12.6. The summed E-state index contributed by atoms with van der Waals surface area (Å²) in [5, 5.41) is 58.4. The van der Waals surface area contributed by atoms with Gasteiger partial charge < -0.3 is 83.2 Å². The van der Waals surface area contributed by atoms with E-state index in [1.165, 1.54) is 29.9 Å². The van der Waals surface area contributed by atoms with Crippen LogP contribution in [-0.2, 0) is 62.4 Å². The van der Waals surface area contributed by atoms with Gasteiger partial charge in [-0.3, -0.25) is 38.4 Å². The van der Waals surface area contributed by atoms with Crippen molar-refractivity contribution in [3.8, 4) is 0 Å². The Bertz CT molecular complexity index is 2610. The molecule has 16 N–H and O–H groups in total. The largest absolute Gasteiger partial charge is 0.480 e. The van der Waals surface area contributed by atoms with Crippen molar-refractivity contribution in [3.05, 3.63) is 72.5 Å². The number of aliphatic hydroxyl groups excluding tert-OH is 3. The number of fused-ring (bicyclic) bond motifs is 1. The Morgan fingerprint density at radius 2 is 1.07 bits per heavy atom. The average molecular weight is 1060 g/mol. The van der Waals surface area contributed by atoms with Crippen LogP contribution in [-0.4, -0.2) is 184 Å². The third kappa shape index (κ3) is 16.6. The summed E-state index contributed by atoms with van der Waals surface area (Å²) < 4.78 is 0. The molecule has 27 nitrogen and oxygen atoms in total. The van der Waals surface area contributed by atoms with E-state index in [4.69, 9.17) is 5.73 Å². The van der Waals surface area contributed by atoms with Crippen molar-refractivity contribution < 1.29 is 63.6 Å². The van der Waals surface area contributed by atoms with E-state index in [0.29, 0.717) is 36.2 Å². The number of hydrogen-bond acceptors (Lipinski definition) is 15. The van der Waals surface area contributed by atoms with Gasteiger partial charge in [0.15, 0.2) is 0 Å². The lowest BCUT2D eigenvalue weighted by Crippen LogP contribution is -2.62. The van der Waals surface area contributed by atoms with Gasteiger partial charge in [0.05, 0.1) is 38.5 Å². The van der Waals surface area contributed by atoms with Crippen molar-refractivity contribution in [2.75, 3.05) is 26.4 Å². The number of carbonyl (C=O) groups is 9. The van der Waals surface area contributed by atoms with Crippen molar-refractivity contribution in [3.63, 3.8) is 0 Å². The lowest BCUT2D eigenvalue weighted by atomic mass is 10.0. The van der Waals surface area contributed by atoms with Gasteiger partial charge in [0.1, 0.15) is 48.3 Å². The zero-order valence-electron chi connectivity index (χ0n) is 42.7. The molecule has 5 rings (SSSR count). The Hall–Kier alpha value is -7.75. The van der Waals surface area contributed by atoms with Gasteiger partial charge in [-0.25, -0.2) is 14.8 Å². The van der Waals surface area contributed by atoms with Gasteiger partial charge in [-0.15, -0.1) is 0 Å². The third-order valence-electron chi connectivity index (χ3n) is 12.6. The number of nitrogens with two attached hydrogens (primary N) is 1. The fraction of sp³-hybridized carbons (Fsp3) is 0.531. The number of nitrogens with zero attached hydrogens (tertiary/aromatic N) is 3. The predicted molar refractivity (Wildman–Crippen MR) is 271 cm³/mol. The summed E-state index contributed by atoms with van der Waals surface area (Å²) in [6, 6.07) is -5.69. The first-order valence-electron chi connectivity index (χ1n) is 25.0. The summed E-state index contributed by atoms with van der Waals surface area (Å²) in [7, 11) is 0. The molecule has 1 aliphatic rings. The molecule has 1 aliphatic heterocycles. The van der Waals surface area contributed by atoms with Crippen LogP contribution in [0.15, 0.2) is 55.5 Å². The highest BCUT2D eigenvalue weighted by atomic mass is 16.4. The number of carbonyl (C=O) groups excluding carboxylic acids is 8. The number of aliphatic carboxylic acids is 1. The molecule has 414 valence electrons. The predicted octanol–water partition coefficient (Wildman–Crippen LogP) is -3.49. The molecule has 0 aliphatic carbocycles. The molecule has 4 aromatic rings. The highest BCUT2D eigenvalue weighted by Crippen LogP contribution is 2.22. The number of para-hydroxylation sites is 1. The smallest absolute Gasteiger partial charge is 0.326 e. The molecule has 3 aromatic heterocycles. The SMILES string of the molecule is CC(C)C[C@H](NC(=O)[C@H](Cc1c[nH]c2ccccc12)NC(=O)[C@H](Cc1cnc[nH]1)NC(=O)[C@H](CO)NC(=O)[C@H](CO)NC(=O)[C@H](CO)NC(=O)[C@H](Cc1cnc[nH]1)NC(=O)[C@@H]1CCCN1C(=O)[C@@H](N)CC(C)C)C(=O)O. The summed E-state index contributed by atoms with van der Waals surface area (Å²) in [6.45, 7) is 4.45. The number of likely N-dealkylation sites (tertiary alicyclic amines) is 1. The maximum absolute atomic E-state index is 14.2. The number of aromatic nitrogens is 5. The first-order chi connectivity index (χ1) is 36.2. The first-order valence-corrected chi connectivity index (χ1v) is 25.0. The number of imidazole rings is 2. The topological polar surface area (TPSA) is 421 Å². The fourth-order valence-corrected chi connectivity index (χ4v) is 8.68. The summed E-state index contributed by atoms with van der Waals surface area (Å²) in [5.41, 5.74) is 8.23. The lowest BCUT2D eigenvalue weighted by Gasteiger charge is -2.29. The number of aromatic amines is 3. The van der Waals surface area contributed by atoms with Gasteiger partial charge in [0.2, 0.25) is 47.3 Å². The van der Waals surface area contributed by atoms with Gasteiger partial charge in [0.25, 0.3) is 0 Å². The molecule has 4 heterocycles. The number of nitrogens with one attached hydrogen (secondary N) is 10. The minimum absolute atomic E-state index is 0.0797. The molecule has 0 saturated carbocycles. The van der Waals surface area contributed by atoms with Gasteiger partial charge >= 0.3 is 5.97 Å². The van der Waals surface area contributed by atoms with E-state index in [9.17, 15) is 63.6 Å². The van der Waals surface area contributed by atoms with Gasteiger partial charge in [-0.05, 0) is 49.1 Å². The summed E-state index contributed by atoms with van der Waals surface area (Å²) >= 11 is 0. The molecule has 76 heavy (non-hydrogen) atoms. The Morgan fingerprint density at radius 3 is 1.53 bits per heavy atom. The lowest BCUT2D eigenvalue weighted by molar-refractivity contribution is -0.142. The van der Waals surface area contributed by atoms with Crippen LogP contribution in [0.4, 0.5) is 0 Å². The standard InChI is InChI=1S/C49H70N14O13/c1-25(2)12-31(50)48(74)63-11-7-10-40(63)47(73)58-35(16-29-19-52-24-55-29)43(69)60-38(21-65)45(71)62-39(22-66)46(72)61-37(20-64)44(70)57-34(15-28-18-51-23-54-28)42(68)56-33(41(67)59-36(49(75)76)13-26(3)4)14-27-17-53-32-9-6-5-8-30(27)32/h5-6,8-9,17-19,23-26,31,33-40,53,64-66H,7,10-16,20-22,50H2,1-4H3,(H,51,54)(H,52,55)(H,56,68)(H,57,70)(H,58,73)(H,59,67)(H,60,69)(H,61,72)(H,62,71)(H,75,76)/t31-,33-,34-,35-,36-,37-,38-,39-,40-/m0/s1. The monoisotopic (exact) mass is 1060 g/mol. The number of aliphatic hydroxyl groups is 3. The molecule has 8 amide bonds. The first kappa shape index (κ1) is 59.1. The molecular formula is C49H70N14O13.